The molecule has 5 nitrogen and oxygen atoms in total. The highest BCUT2D eigenvalue weighted by Crippen LogP contribution is 2.33. The van der Waals surface area contributed by atoms with Gasteiger partial charge in [-0.3, -0.25) is 0 Å². The summed E-state index contributed by atoms with van der Waals surface area (Å²) < 4.78 is 0. The van der Waals surface area contributed by atoms with Crippen LogP contribution in [-0.2, 0) is 4.79 Å². The van der Waals surface area contributed by atoms with E-state index in [2.05, 4.69) is 17.6 Å². The molecule has 6 heteroatoms. The van der Waals surface area contributed by atoms with Crippen molar-refractivity contribution in [3.8, 4) is 0 Å². The zero-order valence-corrected chi connectivity index (χ0v) is 12.5. The average molecular weight is 288 g/mol. The van der Waals surface area contributed by atoms with Crippen molar-refractivity contribution in [3.63, 3.8) is 0 Å². The maximum atomic E-state index is 11.8. The van der Waals surface area contributed by atoms with Crippen molar-refractivity contribution < 1.29 is 14.7 Å². The second-order valence-electron chi connectivity index (χ2n) is 5.00. The van der Waals surface area contributed by atoms with E-state index in [-0.39, 0.29) is 11.9 Å². The van der Waals surface area contributed by atoms with E-state index in [1.54, 1.807) is 11.8 Å². The maximum absolute atomic E-state index is 11.8. The number of hydrogen-bond donors (Lipinski definition) is 3. The SMILES string of the molecule is CCSCCNC(=O)NC1(C(=O)O)CCCCC1C. The van der Waals surface area contributed by atoms with Crippen LogP contribution in [0.3, 0.4) is 0 Å². The molecule has 0 aromatic heterocycles. The van der Waals surface area contributed by atoms with Crippen molar-refractivity contribution in [2.24, 2.45) is 5.92 Å². The van der Waals surface area contributed by atoms with Gasteiger partial charge in [-0.25, -0.2) is 9.59 Å². The number of hydrogen-bond acceptors (Lipinski definition) is 3. The zero-order valence-electron chi connectivity index (χ0n) is 11.7. The van der Waals surface area contributed by atoms with Gasteiger partial charge >= 0.3 is 12.0 Å². The first kappa shape index (κ1) is 16.1. The van der Waals surface area contributed by atoms with E-state index in [1.165, 1.54) is 0 Å². The summed E-state index contributed by atoms with van der Waals surface area (Å²) in [6, 6.07) is -0.368. The molecule has 1 aliphatic carbocycles. The zero-order chi connectivity index (χ0) is 14.3. The standard InChI is InChI=1S/C13H24N2O3S/c1-3-19-9-8-14-12(18)15-13(11(16)17)7-5-4-6-10(13)2/h10H,3-9H2,1-2H3,(H,16,17)(H2,14,15,18). The molecule has 0 aliphatic heterocycles. The topological polar surface area (TPSA) is 78.4 Å². The molecule has 19 heavy (non-hydrogen) atoms. The maximum Gasteiger partial charge on any atom is 0.329 e. The number of aliphatic carboxylic acids is 1. The molecule has 3 N–H and O–H groups in total. The summed E-state index contributed by atoms with van der Waals surface area (Å²) in [4.78, 5) is 23.4. The first-order chi connectivity index (χ1) is 9.03. The molecule has 1 aliphatic rings. The Morgan fingerprint density at radius 2 is 2.16 bits per heavy atom. The van der Waals surface area contributed by atoms with Crippen LogP contribution in [0.25, 0.3) is 0 Å². The van der Waals surface area contributed by atoms with Crippen LogP contribution in [0.4, 0.5) is 4.79 Å². The normalized spacial score (nSPS) is 26.7. The minimum absolute atomic E-state index is 0.0329. The minimum Gasteiger partial charge on any atom is -0.479 e. The fraction of sp³-hybridized carbons (Fsp3) is 0.846. The largest absolute Gasteiger partial charge is 0.479 e. The molecule has 0 heterocycles. The van der Waals surface area contributed by atoms with Gasteiger partial charge in [0.2, 0.25) is 0 Å². The van der Waals surface area contributed by atoms with Gasteiger partial charge < -0.3 is 15.7 Å². The molecule has 2 amide bonds. The summed E-state index contributed by atoms with van der Waals surface area (Å²) in [5.74, 6) is 0.908. The Kier molecular flexibility index (Phi) is 6.48. The van der Waals surface area contributed by atoms with Crippen molar-refractivity contribution in [1.82, 2.24) is 10.6 Å². The second-order valence-corrected chi connectivity index (χ2v) is 6.40. The average Bonchev–Trinajstić information content (AvgIpc) is 2.37. The number of amides is 2. The molecule has 110 valence electrons. The van der Waals surface area contributed by atoms with E-state index < -0.39 is 11.5 Å². The van der Waals surface area contributed by atoms with Crippen LogP contribution in [0.1, 0.15) is 39.5 Å². The Balaban J connectivity index is 2.53. The van der Waals surface area contributed by atoms with Gasteiger partial charge in [0, 0.05) is 12.3 Å². The number of carboxylic acids is 1. The highest BCUT2D eigenvalue weighted by atomic mass is 32.2. The van der Waals surface area contributed by atoms with Crippen LogP contribution in [0.2, 0.25) is 0 Å². The van der Waals surface area contributed by atoms with Gasteiger partial charge in [0.1, 0.15) is 5.54 Å². The summed E-state index contributed by atoms with van der Waals surface area (Å²) in [6.45, 7) is 4.53. The smallest absolute Gasteiger partial charge is 0.329 e. The molecule has 0 aromatic carbocycles. The third kappa shape index (κ3) is 4.30. The fourth-order valence-corrected chi connectivity index (χ4v) is 3.07. The van der Waals surface area contributed by atoms with E-state index in [0.29, 0.717) is 13.0 Å². The van der Waals surface area contributed by atoms with Crippen LogP contribution in [0, 0.1) is 5.92 Å². The molecule has 0 spiro atoms. The number of urea groups is 1. The predicted molar refractivity (Wildman–Crippen MR) is 77.5 cm³/mol. The van der Waals surface area contributed by atoms with Gasteiger partial charge in [0.05, 0.1) is 0 Å². The van der Waals surface area contributed by atoms with Crippen LogP contribution in [0.15, 0.2) is 0 Å². The highest BCUT2D eigenvalue weighted by Gasteiger charge is 2.46. The van der Waals surface area contributed by atoms with Crippen molar-refractivity contribution >= 4 is 23.8 Å². The quantitative estimate of drug-likeness (QED) is 0.654. The molecule has 0 saturated heterocycles. The van der Waals surface area contributed by atoms with Crippen molar-refractivity contribution in [2.45, 2.75) is 45.1 Å². The van der Waals surface area contributed by atoms with Crippen molar-refractivity contribution in [1.29, 1.82) is 0 Å². The summed E-state index contributed by atoms with van der Waals surface area (Å²) >= 11 is 1.74. The lowest BCUT2D eigenvalue weighted by atomic mass is 9.73. The number of nitrogens with one attached hydrogen (secondary N) is 2. The highest BCUT2D eigenvalue weighted by molar-refractivity contribution is 7.99. The second kappa shape index (κ2) is 7.62. The molecule has 1 saturated carbocycles. The van der Waals surface area contributed by atoms with Crippen molar-refractivity contribution in [3.05, 3.63) is 0 Å². The molecule has 0 radical (unpaired) electrons. The lowest BCUT2D eigenvalue weighted by Gasteiger charge is -2.39. The van der Waals surface area contributed by atoms with Crippen LogP contribution in [-0.4, -0.2) is 40.7 Å². The summed E-state index contributed by atoms with van der Waals surface area (Å²) in [5.41, 5.74) is -1.10. The van der Waals surface area contributed by atoms with Crippen molar-refractivity contribution in [2.75, 3.05) is 18.1 Å². The Hall–Kier alpha value is -0.910. The Bertz CT molecular complexity index is 325. The van der Waals surface area contributed by atoms with E-state index in [0.717, 1.165) is 30.8 Å². The molecule has 0 aromatic rings. The lowest BCUT2D eigenvalue weighted by Crippen LogP contribution is -2.62. The first-order valence-corrected chi connectivity index (χ1v) is 8.05. The summed E-state index contributed by atoms with van der Waals surface area (Å²) in [6.07, 6.45) is 3.24. The third-order valence-corrected chi connectivity index (χ3v) is 4.65. The Morgan fingerprint density at radius 3 is 2.74 bits per heavy atom. The van der Waals surface area contributed by atoms with Gasteiger partial charge in [-0.15, -0.1) is 0 Å². The van der Waals surface area contributed by atoms with E-state index in [9.17, 15) is 14.7 Å². The lowest BCUT2D eigenvalue weighted by molar-refractivity contribution is -0.148. The molecule has 1 fully saturated rings. The Labute approximate surface area is 118 Å². The molecule has 1 rings (SSSR count). The number of rotatable bonds is 6. The van der Waals surface area contributed by atoms with E-state index in [1.807, 2.05) is 6.92 Å². The monoisotopic (exact) mass is 288 g/mol. The van der Waals surface area contributed by atoms with Gasteiger partial charge in [-0.05, 0) is 24.5 Å². The molecular weight excluding hydrogens is 264 g/mol. The van der Waals surface area contributed by atoms with Crippen LogP contribution < -0.4 is 10.6 Å². The number of carbonyl (C=O) groups is 2. The molecule has 0 bridgehead atoms. The number of carboxylic acid groups (broad SMARTS) is 1. The van der Waals surface area contributed by atoms with E-state index >= 15 is 0 Å². The molecule has 2 unspecified atom stereocenters. The summed E-state index contributed by atoms with van der Waals surface area (Å²) in [5, 5.41) is 14.9. The number of thioether (sulfide) groups is 1. The molecule has 2 atom stereocenters. The van der Waals surface area contributed by atoms with E-state index in [4.69, 9.17) is 0 Å². The van der Waals surface area contributed by atoms with Crippen LogP contribution >= 0.6 is 11.8 Å². The van der Waals surface area contributed by atoms with Gasteiger partial charge in [0.15, 0.2) is 0 Å². The number of carbonyl (C=O) groups excluding carboxylic acids is 1. The summed E-state index contributed by atoms with van der Waals surface area (Å²) in [7, 11) is 0. The Morgan fingerprint density at radius 1 is 1.42 bits per heavy atom. The minimum atomic E-state index is -1.10. The molecular formula is C13H24N2O3S. The third-order valence-electron chi connectivity index (χ3n) is 3.75. The van der Waals surface area contributed by atoms with Gasteiger partial charge in [0.25, 0.3) is 0 Å². The van der Waals surface area contributed by atoms with Crippen LogP contribution in [0.5, 0.6) is 0 Å². The van der Waals surface area contributed by atoms with Gasteiger partial charge in [-0.2, -0.15) is 11.8 Å². The van der Waals surface area contributed by atoms with Gasteiger partial charge in [-0.1, -0.05) is 26.7 Å². The first-order valence-electron chi connectivity index (χ1n) is 6.90. The predicted octanol–water partition coefficient (Wildman–Crippen LogP) is 2.07. The fourth-order valence-electron chi connectivity index (χ4n) is 2.53.